The lowest BCUT2D eigenvalue weighted by Crippen LogP contribution is -2.32. The Morgan fingerprint density at radius 2 is 1.75 bits per heavy atom. The number of aliphatic hydroxyl groups excluding tert-OH is 1. The molecule has 2 heteroatoms. The van der Waals surface area contributed by atoms with Gasteiger partial charge in [-0.05, 0) is 19.5 Å². The van der Waals surface area contributed by atoms with Crippen molar-refractivity contribution in [2.24, 2.45) is 0 Å². The molecule has 0 aromatic heterocycles. The number of hydrogen-bond donors (Lipinski definition) is 1. The van der Waals surface area contributed by atoms with Gasteiger partial charge < -0.3 is 10.0 Å². The Hall–Kier alpha value is -0.0800. The predicted molar refractivity (Wildman–Crippen MR) is 53.3 cm³/mol. The van der Waals surface area contributed by atoms with Gasteiger partial charge in [-0.15, -0.1) is 0 Å². The molecule has 0 aliphatic rings. The normalized spacial score (nSPS) is 13.8. The second kappa shape index (κ2) is 7.56. The van der Waals surface area contributed by atoms with Crippen molar-refractivity contribution in [2.75, 3.05) is 19.6 Å². The summed E-state index contributed by atoms with van der Waals surface area (Å²) in [4.78, 5) is 2.26. The third-order valence-electron chi connectivity index (χ3n) is 2.25. The molecule has 1 N–H and O–H groups in total. The largest absolute Gasteiger partial charge is 0.392 e. The summed E-state index contributed by atoms with van der Waals surface area (Å²) in [7, 11) is 0. The van der Waals surface area contributed by atoms with Crippen molar-refractivity contribution < 1.29 is 5.11 Å². The first-order valence-corrected chi connectivity index (χ1v) is 5.14. The average Bonchev–Trinajstić information content (AvgIpc) is 2.10. The van der Waals surface area contributed by atoms with Gasteiger partial charge in [-0.3, -0.25) is 0 Å². The fraction of sp³-hybridized carbons (Fsp3) is 1.00. The van der Waals surface area contributed by atoms with Crippen molar-refractivity contribution in [3.63, 3.8) is 0 Å². The molecule has 0 fully saturated rings. The summed E-state index contributed by atoms with van der Waals surface area (Å²) in [6.07, 6.45) is 3.15. The molecule has 0 spiro atoms. The van der Waals surface area contributed by atoms with Crippen molar-refractivity contribution in [3.8, 4) is 0 Å². The van der Waals surface area contributed by atoms with E-state index in [0.717, 1.165) is 32.5 Å². The number of hydrogen-bond acceptors (Lipinski definition) is 2. The summed E-state index contributed by atoms with van der Waals surface area (Å²) in [6, 6.07) is 0. The van der Waals surface area contributed by atoms with E-state index in [1.807, 2.05) is 0 Å². The summed E-state index contributed by atoms with van der Waals surface area (Å²) in [6.45, 7) is 9.35. The van der Waals surface area contributed by atoms with Crippen LogP contribution in [-0.2, 0) is 0 Å². The van der Waals surface area contributed by atoms with Gasteiger partial charge >= 0.3 is 0 Å². The molecule has 0 aromatic rings. The highest BCUT2D eigenvalue weighted by Gasteiger charge is 2.07. The Labute approximate surface area is 76.6 Å². The predicted octanol–water partition coefficient (Wildman–Crippen LogP) is 1.88. The zero-order valence-corrected chi connectivity index (χ0v) is 8.71. The summed E-state index contributed by atoms with van der Waals surface area (Å²) < 4.78 is 0. The van der Waals surface area contributed by atoms with E-state index in [-0.39, 0.29) is 6.10 Å². The maximum absolute atomic E-state index is 9.57. The highest BCUT2D eigenvalue weighted by Crippen LogP contribution is 2.02. The minimum absolute atomic E-state index is 0.121. The molecule has 1 atom stereocenters. The second-order valence-electron chi connectivity index (χ2n) is 3.28. The van der Waals surface area contributed by atoms with Crippen molar-refractivity contribution in [1.82, 2.24) is 4.90 Å². The van der Waals surface area contributed by atoms with E-state index < -0.39 is 0 Å². The van der Waals surface area contributed by atoms with Crippen molar-refractivity contribution in [2.45, 2.75) is 46.1 Å². The summed E-state index contributed by atoms with van der Waals surface area (Å²) >= 11 is 0. The van der Waals surface area contributed by atoms with Crippen molar-refractivity contribution in [3.05, 3.63) is 0 Å². The van der Waals surface area contributed by atoms with E-state index in [1.54, 1.807) is 0 Å². The fourth-order valence-electron chi connectivity index (χ4n) is 1.31. The Morgan fingerprint density at radius 1 is 1.17 bits per heavy atom. The molecule has 0 heterocycles. The van der Waals surface area contributed by atoms with Crippen LogP contribution in [0.2, 0.25) is 0 Å². The molecule has 0 aliphatic heterocycles. The van der Waals surface area contributed by atoms with Crippen LogP contribution in [0.5, 0.6) is 0 Å². The summed E-state index contributed by atoms with van der Waals surface area (Å²) in [5.41, 5.74) is 0. The monoisotopic (exact) mass is 173 g/mol. The van der Waals surface area contributed by atoms with E-state index in [4.69, 9.17) is 0 Å². The zero-order valence-electron chi connectivity index (χ0n) is 8.71. The SMILES string of the molecule is CCCCC(O)CN(CC)CC. The number of aliphatic hydroxyl groups is 1. The van der Waals surface area contributed by atoms with Gasteiger partial charge in [-0.2, -0.15) is 0 Å². The van der Waals surface area contributed by atoms with Gasteiger partial charge in [0, 0.05) is 6.54 Å². The molecule has 0 rings (SSSR count). The quantitative estimate of drug-likeness (QED) is 0.635. The molecule has 0 aromatic carbocycles. The minimum atomic E-state index is -0.121. The van der Waals surface area contributed by atoms with E-state index in [2.05, 4.69) is 25.7 Å². The maximum Gasteiger partial charge on any atom is 0.0667 e. The molecule has 0 saturated heterocycles. The van der Waals surface area contributed by atoms with Gasteiger partial charge in [0.05, 0.1) is 6.10 Å². The highest BCUT2D eigenvalue weighted by atomic mass is 16.3. The molecule has 0 bridgehead atoms. The first kappa shape index (κ1) is 11.9. The molecule has 0 amide bonds. The molecule has 1 unspecified atom stereocenters. The van der Waals surface area contributed by atoms with Gasteiger partial charge in [0.1, 0.15) is 0 Å². The van der Waals surface area contributed by atoms with Crippen LogP contribution >= 0.6 is 0 Å². The zero-order chi connectivity index (χ0) is 9.40. The average molecular weight is 173 g/mol. The Kier molecular flexibility index (Phi) is 7.51. The molecule has 0 aliphatic carbocycles. The third-order valence-corrected chi connectivity index (χ3v) is 2.25. The van der Waals surface area contributed by atoms with Crippen molar-refractivity contribution >= 4 is 0 Å². The lowest BCUT2D eigenvalue weighted by atomic mass is 10.1. The first-order chi connectivity index (χ1) is 5.74. The van der Waals surface area contributed by atoms with Crippen LogP contribution in [0.25, 0.3) is 0 Å². The van der Waals surface area contributed by atoms with Crippen LogP contribution in [-0.4, -0.2) is 35.7 Å². The topological polar surface area (TPSA) is 23.5 Å². The molecule has 12 heavy (non-hydrogen) atoms. The Balaban J connectivity index is 3.44. The molecular weight excluding hydrogens is 150 g/mol. The highest BCUT2D eigenvalue weighted by molar-refractivity contribution is 4.61. The number of likely N-dealkylation sites (N-methyl/N-ethyl adjacent to an activating group) is 1. The number of unbranched alkanes of at least 4 members (excludes halogenated alkanes) is 1. The Bertz CT molecular complexity index is 91.8. The van der Waals surface area contributed by atoms with Gasteiger partial charge in [0.2, 0.25) is 0 Å². The van der Waals surface area contributed by atoms with Crippen LogP contribution in [0.15, 0.2) is 0 Å². The molecule has 74 valence electrons. The third kappa shape index (κ3) is 5.56. The van der Waals surface area contributed by atoms with Crippen LogP contribution in [0.1, 0.15) is 40.0 Å². The summed E-state index contributed by atoms with van der Waals surface area (Å²) in [5.74, 6) is 0. The Morgan fingerprint density at radius 3 is 2.17 bits per heavy atom. The first-order valence-electron chi connectivity index (χ1n) is 5.14. The van der Waals surface area contributed by atoms with E-state index >= 15 is 0 Å². The van der Waals surface area contributed by atoms with E-state index in [0.29, 0.717) is 0 Å². The molecule has 0 radical (unpaired) electrons. The number of rotatable bonds is 7. The van der Waals surface area contributed by atoms with Crippen LogP contribution in [0.4, 0.5) is 0 Å². The van der Waals surface area contributed by atoms with Crippen molar-refractivity contribution in [1.29, 1.82) is 0 Å². The molecule has 2 nitrogen and oxygen atoms in total. The van der Waals surface area contributed by atoms with Gasteiger partial charge in [0.15, 0.2) is 0 Å². The van der Waals surface area contributed by atoms with Crippen LogP contribution < -0.4 is 0 Å². The molecule has 0 saturated carbocycles. The van der Waals surface area contributed by atoms with Crippen LogP contribution in [0.3, 0.4) is 0 Å². The minimum Gasteiger partial charge on any atom is -0.392 e. The standard InChI is InChI=1S/C10H23NO/c1-4-7-8-10(12)9-11(5-2)6-3/h10,12H,4-9H2,1-3H3. The van der Waals surface area contributed by atoms with Crippen LogP contribution in [0, 0.1) is 0 Å². The maximum atomic E-state index is 9.57. The smallest absolute Gasteiger partial charge is 0.0667 e. The second-order valence-corrected chi connectivity index (χ2v) is 3.28. The lowest BCUT2D eigenvalue weighted by molar-refractivity contribution is 0.108. The van der Waals surface area contributed by atoms with Gasteiger partial charge in [-0.25, -0.2) is 0 Å². The van der Waals surface area contributed by atoms with E-state index in [1.165, 1.54) is 6.42 Å². The molecular formula is C10H23NO. The van der Waals surface area contributed by atoms with E-state index in [9.17, 15) is 5.11 Å². The summed E-state index contributed by atoms with van der Waals surface area (Å²) in [5, 5.41) is 9.57. The lowest BCUT2D eigenvalue weighted by Gasteiger charge is -2.21. The van der Waals surface area contributed by atoms with Gasteiger partial charge in [0.25, 0.3) is 0 Å². The number of nitrogens with zero attached hydrogens (tertiary/aromatic N) is 1. The fourth-order valence-corrected chi connectivity index (χ4v) is 1.31. The van der Waals surface area contributed by atoms with Gasteiger partial charge in [-0.1, -0.05) is 33.6 Å².